The predicted octanol–water partition coefficient (Wildman–Crippen LogP) is 3.29. The summed E-state index contributed by atoms with van der Waals surface area (Å²) in [6.45, 7) is 4.86. The molecule has 0 spiro atoms. The summed E-state index contributed by atoms with van der Waals surface area (Å²) in [5, 5.41) is 15.3. The van der Waals surface area contributed by atoms with Crippen LogP contribution in [0.3, 0.4) is 0 Å². The summed E-state index contributed by atoms with van der Waals surface area (Å²) in [4.78, 5) is 13.9. The van der Waals surface area contributed by atoms with E-state index in [1.165, 1.54) is 10.6 Å². The molecule has 0 amide bonds. The zero-order valence-electron chi connectivity index (χ0n) is 19.9. The first-order valence-corrected chi connectivity index (χ1v) is 15.8. The Labute approximate surface area is 235 Å². The van der Waals surface area contributed by atoms with E-state index in [0.717, 1.165) is 39.7 Å². The molecule has 2 aromatic heterocycles. The fourth-order valence-corrected chi connectivity index (χ4v) is 7.38. The van der Waals surface area contributed by atoms with Gasteiger partial charge in [0, 0.05) is 39.3 Å². The Morgan fingerprint density at radius 3 is 2.38 bits per heavy atom. The van der Waals surface area contributed by atoms with Crippen LogP contribution in [-0.2, 0) is 14.8 Å². The summed E-state index contributed by atoms with van der Waals surface area (Å²) < 4.78 is 32.9. The summed E-state index contributed by atoms with van der Waals surface area (Å²) in [6, 6.07) is 5.54. The van der Waals surface area contributed by atoms with Gasteiger partial charge in [-0.3, -0.25) is 0 Å². The highest BCUT2D eigenvalue weighted by atomic mass is 79.9. The lowest BCUT2D eigenvalue weighted by molar-refractivity contribution is 0.122. The number of aromatic hydroxyl groups is 1. The first kappa shape index (κ1) is 26.6. The zero-order chi connectivity index (χ0) is 26.2. The number of aromatic nitrogens is 2. The van der Waals surface area contributed by atoms with Crippen LogP contribution in [-0.4, -0.2) is 92.8 Å². The fourth-order valence-electron chi connectivity index (χ4n) is 4.16. The van der Waals surface area contributed by atoms with E-state index < -0.39 is 10.0 Å². The summed E-state index contributed by atoms with van der Waals surface area (Å²) in [5.74, 6) is 1.32. The predicted molar refractivity (Wildman–Crippen MR) is 154 cm³/mol. The summed E-state index contributed by atoms with van der Waals surface area (Å²) >= 11 is 8.27. The van der Waals surface area contributed by atoms with Crippen LogP contribution in [0.25, 0.3) is 10.2 Å². The lowest BCUT2D eigenvalue weighted by Gasteiger charge is -2.33. The Balaban J connectivity index is 1.42. The number of phenols is 1. The van der Waals surface area contributed by atoms with Crippen molar-refractivity contribution in [2.75, 3.05) is 74.0 Å². The van der Waals surface area contributed by atoms with Crippen LogP contribution in [0.4, 0.5) is 16.8 Å². The molecule has 2 fully saturated rings. The lowest BCUT2D eigenvalue weighted by Crippen LogP contribution is -2.48. The second-order valence-corrected chi connectivity index (χ2v) is 13.3. The summed E-state index contributed by atoms with van der Waals surface area (Å²) in [6.07, 6.45) is 2.87. The van der Waals surface area contributed by atoms with Crippen molar-refractivity contribution >= 4 is 86.4 Å². The number of hydrazone groups is 1. The molecule has 2 aliphatic rings. The molecule has 0 atom stereocenters. The van der Waals surface area contributed by atoms with Crippen molar-refractivity contribution in [1.82, 2.24) is 14.3 Å². The standard InChI is InChI=1S/C22H25Br2N7O4S2/c1-37(33,34)31-4-2-29(3-5-31)18-12-17-20(36-18)21(30-6-8-35-9-7-30)27-22(26-17)28-25-13-14-10-15(23)19(32)16(24)11-14/h10-13,32H,2-9H2,1H3,(H,26,27,28)/b25-13+. The third-order valence-corrected chi connectivity index (χ3v) is 9.78. The molecule has 0 aliphatic carbocycles. The van der Waals surface area contributed by atoms with E-state index in [4.69, 9.17) is 14.7 Å². The van der Waals surface area contributed by atoms with Crippen molar-refractivity contribution in [3.05, 3.63) is 32.7 Å². The number of fused-ring (bicyclic) bond motifs is 1. The smallest absolute Gasteiger partial charge is 0.246 e. The second kappa shape index (κ2) is 11.0. The number of sulfonamides is 1. The number of nitrogens with zero attached hydrogens (tertiary/aromatic N) is 6. The molecule has 1 aromatic carbocycles. The average molecular weight is 675 g/mol. The minimum Gasteiger partial charge on any atom is -0.506 e. The molecule has 0 bridgehead atoms. The van der Waals surface area contributed by atoms with Gasteiger partial charge in [0.2, 0.25) is 16.0 Å². The molecule has 15 heteroatoms. The number of hydrogen-bond acceptors (Lipinski definition) is 11. The van der Waals surface area contributed by atoms with Crippen molar-refractivity contribution in [1.29, 1.82) is 0 Å². The molecule has 11 nitrogen and oxygen atoms in total. The number of ether oxygens (including phenoxy) is 1. The van der Waals surface area contributed by atoms with Crippen molar-refractivity contribution in [3.63, 3.8) is 0 Å². The number of thiophene rings is 1. The van der Waals surface area contributed by atoms with Crippen molar-refractivity contribution in [2.45, 2.75) is 0 Å². The number of halogens is 2. The van der Waals surface area contributed by atoms with Crippen LogP contribution in [0, 0.1) is 0 Å². The van der Waals surface area contributed by atoms with Crippen LogP contribution < -0.4 is 15.2 Å². The molecule has 5 rings (SSSR count). The Hall–Kier alpha value is -2.04. The van der Waals surface area contributed by atoms with E-state index in [9.17, 15) is 13.5 Å². The van der Waals surface area contributed by atoms with Crippen molar-refractivity contribution < 1.29 is 18.3 Å². The number of benzene rings is 1. The van der Waals surface area contributed by atoms with Gasteiger partial charge in [0.1, 0.15) is 5.75 Å². The van der Waals surface area contributed by atoms with E-state index in [1.807, 2.05) is 6.07 Å². The third-order valence-electron chi connectivity index (χ3n) is 6.09. The van der Waals surface area contributed by atoms with Crippen LogP contribution in [0.1, 0.15) is 5.56 Å². The first-order valence-electron chi connectivity index (χ1n) is 11.5. The number of piperazine rings is 1. The van der Waals surface area contributed by atoms with Crippen LogP contribution in [0.5, 0.6) is 5.75 Å². The SMILES string of the molecule is CS(=O)(=O)N1CCN(c2cc3nc(N/N=C/c4cc(Br)c(O)c(Br)c4)nc(N4CCOCC4)c3s2)CC1. The molecular formula is C22H25Br2N7O4S2. The van der Waals surface area contributed by atoms with E-state index in [0.29, 0.717) is 54.3 Å². The molecule has 0 radical (unpaired) electrons. The highest BCUT2D eigenvalue weighted by Crippen LogP contribution is 2.38. The van der Waals surface area contributed by atoms with E-state index >= 15 is 0 Å². The largest absolute Gasteiger partial charge is 0.506 e. The number of phenolic OH excluding ortho intramolecular Hbond substituents is 1. The van der Waals surface area contributed by atoms with Crippen LogP contribution in [0.15, 0.2) is 32.2 Å². The molecule has 2 N–H and O–H groups in total. The molecular weight excluding hydrogens is 650 g/mol. The highest BCUT2D eigenvalue weighted by molar-refractivity contribution is 9.11. The topological polar surface area (TPSA) is 123 Å². The van der Waals surface area contributed by atoms with Gasteiger partial charge in [-0.25, -0.2) is 18.8 Å². The average Bonchev–Trinajstić information content (AvgIpc) is 3.31. The van der Waals surface area contributed by atoms with E-state index in [2.05, 4.69) is 52.2 Å². The second-order valence-electron chi connectivity index (χ2n) is 8.62. The molecule has 4 heterocycles. The first-order chi connectivity index (χ1) is 17.7. The lowest BCUT2D eigenvalue weighted by atomic mass is 10.2. The molecule has 2 saturated heterocycles. The number of morpholine rings is 1. The minimum absolute atomic E-state index is 0.125. The van der Waals surface area contributed by atoms with Gasteiger partial charge in [-0.15, -0.1) is 11.3 Å². The van der Waals surface area contributed by atoms with Gasteiger partial charge in [-0.2, -0.15) is 14.4 Å². The molecule has 0 saturated carbocycles. The maximum atomic E-state index is 11.9. The Bertz CT molecular complexity index is 1410. The monoisotopic (exact) mass is 673 g/mol. The molecule has 2 aliphatic heterocycles. The van der Waals surface area contributed by atoms with Crippen LogP contribution in [0.2, 0.25) is 0 Å². The highest BCUT2D eigenvalue weighted by Gasteiger charge is 2.26. The normalized spacial score (nSPS) is 17.7. The van der Waals surface area contributed by atoms with Crippen molar-refractivity contribution in [2.24, 2.45) is 5.10 Å². The van der Waals surface area contributed by atoms with Gasteiger partial charge in [0.25, 0.3) is 0 Å². The fraction of sp³-hybridized carbons (Fsp3) is 0.409. The van der Waals surface area contributed by atoms with Gasteiger partial charge in [-0.05, 0) is 55.6 Å². The molecule has 198 valence electrons. The molecule has 3 aromatic rings. The van der Waals surface area contributed by atoms with Gasteiger partial charge in [0.05, 0.1) is 49.8 Å². The molecule has 0 unspecified atom stereocenters. The molecule has 37 heavy (non-hydrogen) atoms. The van der Waals surface area contributed by atoms with E-state index in [1.54, 1.807) is 29.7 Å². The Kier molecular flexibility index (Phi) is 7.88. The zero-order valence-corrected chi connectivity index (χ0v) is 24.7. The number of nitrogens with one attached hydrogen (secondary N) is 1. The number of anilines is 3. The number of rotatable bonds is 6. The number of hydrogen-bond donors (Lipinski definition) is 2. The summed E-state index contributed by atoms with van der Waals surface area (Å²) in [7, 11) is -3.19. The van der Waals surface area contributed by atoms with Gasteiger partial charge in [0.15, 0.2) is 5.82 Å². The quantitative estimate of drug-likeness (QED) is 0.300. The van der Waals surface area contributed by atoms with Gasteiger partial charge in [-0.1, -0.05) is 0 Å². The minimum atomic E-state index is -3.19. The van der Waals surface area contributed by atoms with Crippen molar-refractivity contribution in [3.8, 4) is 5.75 Å². The van der Waals surface area contributed by atoms with Gasteiger partial charge < -0.3 is 19.6 Å². The Morgan fingerprint density at radius 1 is 1.05 bits per heavy atom. The Morgan fingerprint density at radius 2 is 1.73 bits per heavy atom. The van der Waals surface area contributed by atoms with Gasteiger partial charge >= 0.3 is 0 Å². The maximum absolute atomic E-state index is 11.9. The summed E-state index contributed by atoms with van der Waals surface area (Å²) in [5.41, 5.74) is 4.51. The maximum Gasteiger partial charge on any atom is 0.246 e. The van der Waals surface area contributed by atoms with Crippen LogP contribution >= 0.6 is 43.2 Å². The third kappa shape index (κ3) is 6.01. The van der Waals surface area contributed by atoms with E-state index in [-0.39, 0.29) is 5.75 Å².